The van der Waals surface area contributed by atoms with Crippen molar-refractivity contribution in [1.29, 1.82) is 0 Å². The molecule has 0 heterocycles. The van der Waals surface area contributed by atoms with Gasteiger partial charge in [-0.1, -0.05) is 12.1 Å². The van der Waals surface area contributed by atoms with E-state index in [0.29, 0.717) is 12.1 Å². The molecule has 0 fully saturated rings. The number of rotatable bonds is 4. The third-order valence-electron chi connectivity index (χ3n) is 1.77. The van der Waals surface area contributed by atoms with E-state index in [0.717, 1.165) is 0 Å². The highest BCUT2D eigenvalue weighted by molar-refractivity contribution is 5.94. The van der Waals surface area contributed by atoms with E-state index in [-0.39, 0.29) is 12.4 Å². The first-order valence-corrected chi connectivity index (χ1v) is 4.62. The summed E-state index contributed by atoms with van der Waals surface area (Å²) in [5.74, 6) is -0.857. The minimum absolute atomic E-state index is 0.0561. The van der Waals surface area contributed by atoms with Crippen molar-refractivity contribution in [1.82, 2.24) is 10.6 Å². The van der Waals surface area contributed by atoms with Crippen LogP contribution in [0.25, 0.3) is 0 Å². The van der Waals surface area contributed by atoms with E-state index in [9.17, 15) is 14.0 Å². The zero-order valence-electron chi connectivity index (χ0n) is 8.50. The second-order valence-corrected chi connectivity index (χ2v) is 3.15. The Balaban J connectivity index is 2.30. The van der Waals surface area contributed by atoms with Crippen LogP contribution in [0, 0.1) is 5.82 Å². The molecule has 16 heavy (non-hydrogen) atoms. The summed E-state index contributed by atoms with van der Waals surface area (Å²) in [6.07, 6.45) is 0. The average molecular weight is 225 g/mol. The highest BCUT2D eigenvalue weighted by Crippen LogP contribution is 2.02. The van der Waals surface area contributed by atoms with Gasteiger partial charge in [0.25, 0.3) is 0 Å². The molecule has 0 spiro atoms. The van der Waals surface area contributed by atoms with E-state index in [1.807, 2.05) is 5.32 Å². The van der Waals surface area contributed by atoms with Crippen molar-refractivity contribution in [2.24, 2.45) is 5.73 Å². The van der Waals surface area contributed by atoms with Gasteiger partial charge in [0.15, 0.2) is 0 Å². The Morgan fingerprint density at radius 3 is 2.75 bits per heavy atom. The predicted octanol–water partition coefficient (Wildman–Crippen LogP) is 0.110. The highest BCUT2D eigenvalue weighted by Gasteiger charge is 2.03. The van der Waals surface area contributed by atoms with Crippen molar-refractivity contribution >= 4 is 11.9 Å². The van der Waals surface area contributed by atoms with Crippen LogP contribution in [0.3, 0.4) is 0 Å². The first-order chi connectivity index (χ1) is 7.58. The Hall–Kier alpha value is -1.95. The zero-order valence-corrected chi connectivity index (χ0v) is 8.50. The molecule has 0 aromatic heterocycles. The number of imide groups is 1. The smallest absolute Gasteiger partial charge is 0.318 e. The molecule has 0 atom stereocenters. The molecule has 0 aliphatic heterocycles. The Morgan fingerprint density at radius 2 is 2.12 bits per heavy atom. The summed E-state index contributed by atoms with van der Waals surface area (Å²) in [5.41, 5.74) is 5.46. The summed E-state index contributed by atoms with van der Waals surface area (Å²) in [4.78, 5) is 21.3. The number of nitrogens with one attached hydrogen (secondary N) is 2. The maximum atomic E-state index is 12.8. The number of urea groups is 1. The monoisotopic (exact) mass is 225 g/mol. The standard InChI is InChI=1S/C10H12FN3O2/c11-8-3-1-2-7(4-8)5-13-6-9(15)14-10(12)16/h1-4,13H,5-6H2,(H3,12,14,15,16). The normalized spacial score (nSPS) is 9.81. The molecule has 0 bridgehead atoms. The summed E-state index contributed by atoms with van der Waals surface area (Å²) >= 11 is 0. The lowest BCUT2D eigenvalue weighted by Gasteiger charge is -2.04. The van der Waals surface area contributed by atoms with Crippen LogP contribution in [0.2, 0.25) is 0 Å². The van der Waals surface area contributed by atoms with Crippen molar-refractivity contribution < 1.29 is 14.0 Å². The molecule has 86 valence electrons. The minimum Gasteiger partial charge on any atom is -0.351 e. The highest BCUT2D eigenvalue weighted by atomic mass is 19.1. The lowest BCUT2D eigenvalue weighted by atomic mass is 10.2. The Morgan fingerprint density at radius 1 is 1.38 bits per heavy atom. The minimum atomic E-state index is -0.891. The fourth-order valence-electron chi connectivity index (χ4n) is 1.15. The largest absolute Gasteiger partial charge is 0.351 e. The van der Waals surface area contributed by atoms with Gasteiger partial charge in [0.1, 0.15) is 5.82 Å². The van der Waals surface area contributed by atoms with Crippen LogP contribution >= 0.6 is 0 Å². The molecule has 5 nitrogen and oxygen atoms in total. The van der Waals surface area contributed by atoms with E-state index in [4.69, 9.17) is 5.73 Å². The Kier molecular flexibility index (Phi) is 4.41. The van der Waals surface area contributed by atoms with E-state index < -0.39 is 11.9 Å². The maximum Gasteiger partial charge on any atom is 0.318 e. The Labute approximate surface area is 91.8 Å². The number of halogens is 1. The molecule has 1 aromatic carbocycles. The molecular weight excluding hydrogens is 213 g/mol. The van der Waals surface area contributed by atoms with Crippen LogP contribution in [-0.2, 0) is 11.3 Å². The summed E-state index contributed by atoms with van der Waals surface area (Å²) in [6.45, 7) is 0.281. The third-order valence-corrected chi connectivity index (χ3v) is 1.77. The predicted molar refractivity (Wildman–Crippen MR) is 55.8 cm³/mol. The van der Waals surface area contributed by atoms with Gasteiger partial charge in [-0.05, 0) is 17.7 Å². The van der Waals surface area contributed by atoms with Crippen LogP contribution in [0.5, 0.6) is 0 Å². The first-order valence-electron chi connectivity index (χ1n) is 4.62. The number of benzene rings is 1. The molecule has 0 aliphatic carbocycles. The second-order valence-electron chi connectivity index (χ2n) is 3.15. The molecule has 4 N–H and O–H groups in total. The lowest BCUT2D eigenvalue weighted by Crippen LogP contribution is -2.40. The average Bonchev–Trinajstić information content (AvgIpc) is 2.16. The molecule has 3 amide bonds. The third kappa shape index (κ3) is 4.52. The first kappa shape index (κ1) is 12.1. The number of carbonyl (C=O) groups is 2. The SMILES string of the molecule is NC(=O)NC(=O)CNCc1cccc(F)c1. The van der Waals surface area contributed by atoms with Crippen molar-refractivity contribution in [3.63, 3.8) is 0 Å². The molecule has 0 saturated carbocycles. The maximum absolute atomic E-state index is 12.8. The molecular formula is C10H12FN3O2. The second kappa shape index (κ2) is 5.82. The summed E-state index contributed by atoms with van der Waals surface area (Å²) < 4.78 is 12.8. The van der Waals surface area contributed by atoms with Crippen LogP contribution in [-0.4, -0.2) is 18.5 Å². The quantitative estimate of drug-likeness (QED) is 0.680. The fourth-order valence-corrected chi connectivity index (χ4v) is 1.15. The van der Waals surface area contributed by atoms with Gasteiger partial charge in [-0.15, -0.1) is 0 Å². The molecule has 0 aliphatic rings. The summed E-state index contributed by atoms with van der Waals surface area (Å²) in [5, 5.41) is 4.65. The number of hydrogen-bond acceptors (Lipinski definition) is 3. The molecule has 6 heteroatoms. The number of amides is 3. The fraction of sp³-hybridized carbons (Fsp3) is 0.200. The lowest BCUT2D eigenvalue weighted by molar-refractivity contribution is -0.119. The Bertz CT molecular complexity index is 395. The van der Waals surface area contributed by atoms with E-state index in [1.165, 1.54) is 12.1 Å². The molecule has 0 unspecified atom stereocenters. The van der Waals surface area contributed by atoms with Crippen molar-refractivity contribution in [2.75, 3.05) is 6.54 Å². The van der Waals surface area contributed by atoms with Crippen molar-refractivity contribution in [3.05, 3.63) is 35.6 Å². The van der Waals surface area contributed by atoms with Gasteiger partial charge < -0.3 is 11.1 Å². The van der Waals surface area contributed by atoms with E-state index >= 15 is 0 Å². The van der Waals surface area contributed by atoms with Gasteiger partial charge in [0, 0.05) is 6.54 Å². The summed E-state index contributed by atoms with van der Waals surface area (Å²) in [7, 11) is 0. The van der Waals surface area contributed by atoms with Gasteiger partial charge in [-0.25, -0.2) is 9.18 Å². The van der Waals surface area contributed by atoms with Crippen LogP contribution in [0.4, 0.5) is 9.18 Å². The number of carbonyl (C=O) groups excluding carboxylic acids is 2. The molecule has 0 saturated heterocycles. The van der Waals surface area contributed by atoms with Gasteiger partial charge in [0.05, 0.1) is 6.54 Å². The number of nitrogens with two attached hydrogens (primary N) is 1. The van der Waals surface area contributed by atoms with Crippen LogP contribution in [0.1, 0.15) is 5.56 Å². The van der Waals surface area contributed by atoms with Gasteiger partial charge in [-0.2, -0.15) is 0 Å². The summed E-state index contributed by atoms with van der Waals surface area (Å²) in [6, 6.07) is 5.11. The molecule has 1 rings (SSSR count). The number of hydrogen-bond donors (Lipinski definition) is 3. The molecule has 1 aromatic rings. The van der Waals surface area contributed by atoms with Crippen molar-refractivity contribution in [2.45, 2.75) is 6.54 Å². The van der Waals surface area contributed by atoms with Gasteiger partial charge in [0.2, 0.25) is 5.91 Å². The van der Waals surface area contributed by atoms with Gasteiger partial charge >= 0.3 is 6.03 Å². The van der Waals surface area contributed by atoms with E-state index in [1.54, 1.807) is 12.1 Å². The zero-order chi connectivity index (χ0) is 12.0. The van der Waals surface area contributed by atoms with Crippen molar-refractivity contribution in [3.8, 4) is 0 Å². The van der Waals surface area contributed by atoms with Crippen LogP contribution in [0.15, 0.2) is 24.3 Å². The van der Waals surface area contributed by atoms with Crippen LogP contribution < -0.4 is 16.4 Å². The number of primary amides is 1. The molecule has 0 radical (unpaired) electrons. The van der Waals surface area contributed by atoms with Gasteiger partial charge in [-0.3, -0.25) is 10.1 Å². The topological polar surface area (TPSA) is 84.2 Å². The van der Waals surface area contributed by atoms with E-state index in [2.05, 4.69) is 5.32 Å².